The maximum atomic E-state index is 12.7. The Morgan fingerprint density at radius 2 is 1.75 bits per heavy atom. The standard InChI is InChI=1S/C27H46FN8O17P3S/c1-14(9-28)8-15(29)26(41)57-7-6-31-17(37)4-5-32-24(40)21(39)27(2,3)11-50-56(47,48)53-55(45,46)49-10-16-20(52-54(42,43)44)19(38)25(51-16)36-13-35-18-22(30)33-12-34-23(18)36/h12-16,19-21,25,38-39H,4-11,29H2,1-3H3,(H,31,37)(H,32,40)(H,45,46)(H,47,48)(H2,30,33,34)(H2,42,43,44). The van der Waals surface area contributed by atoms with E-state index in [1.165, 1.54) is 13.8 Å². The maximum Gasteiger partial charge on any atom is 0.481 e. The molecule has 0 bridgehead atoms. The number of aliphatic hydroxyl groups is 2. The fourth-order valence-corrected chi connectivity index (χ4v) is 8.53. The Morgan fingerprint density at radius 1 is 1.09 bits per heavy atom. The minimum absolute atomic E-state index is 0.0216. The fourth-order valence-electron chi connectivity index (χ4n) is 4.98. The number of thioether (sulfide) groups is 1. The lowest BCUT2D eigenvalue weighted by molar-refractivity contribution is -0.137. The number of hydrogen-bond acceptors (Lipinski definition) is 19. The predicted molar refractivity (Wildman–Crippen MR) is 195 cm³/mol. The zero-order chi connectivity index (χ0) is 42.9. The molecule has 1 aliphatic rings. The number of fused-ring (bicyclic) bond motifs is 1. The first-order valence-electron chi connectivity index (χ1n) is 16.7. The van der Waals surface area contributed by atoms with E-state index in [0.29, 0.717) is 0 Å². The van der Waals surface area contributed by atoms with Gasteiger partial charge in [0, 0.05) is 30.7 Å². The van der Waals surface area contributed by atoms with Gasteiger partial charge in [0.1, 0.15) is 36.3 Å². The van der Waals surface area contributed by atoms with E-state index in [-0.39, 0.29) is 59.7 Å². The van der Waals surface area contributed by atoms with Crippen molar-refractivity contribution in [2.24, 2.45) is 17.1 Å². The van der Waals surface area contributed by atoms with Gasteiger partial charge in [-0.3, -0.25) is 36.9 Å². The zero-order valence-corrected chi connectivity index (χ0v) is 34.1. The Hall–Kier alpha value is -2.55. The van der Waals surface area contributed by atoms with Crippen molar-refractivity contribution in [1.29, 1.82) is 0 Å². The predicted octanol–water partition coefficient (Wildman–Crippen LogP) is -1.01. The van der Waals surface area contributed by atoms with Crippen molar-refractivity contribution >= 4 is 69.1 Å². The number of rotatable bonds is 23. The molecule has 2 aromatic rings. The SMILES string of the molecule is CC(CF)CC(N)C(=O)SCCNC(=O)CCNC(=O)C(O)C(C)(C)COP(=O)(O)OP(=O)(O)OCC1OC(n2cnc3c(N)ncnc32)C(O)C1OP(=O)(O)O. The largest absolute Gasteiger partial charge is 0.481 e. The van der Waals surface area contributed by atoms with Gasteiger partial charge in [0.2, 0.25) is 16.9 Å². The number of phosphoric ester groups is 3. The first-order chi connectivity index (χ1) is 26.4. The van der Waals surface area contributed by atoms with Crippen molar-refractivity contribution in [1.82, 2.24) is 30.2 Å². The van der Waals surface area contributed by atoms with Crippen LogP contribution in [0.4, 0.5) is 10.2 Å². The van der Waals surface area contributed by atoms with Crippen LogP contribution in [0.2, 0.25) is 0 Å². The number of nitrogen functional groups attached to an aromatic ring is 1. The lowest BCUT2D eigenvalue weighted by Gasteiger charge is -2.30. The van der Waals surface area contributed by atoms with E-state index in [9.17, 15) is 62.3 Å². The second-order valence-corrected chi connectivity index (χ2v) is 18.7. The molecule has 2 aromatic heterocycles. The molecule has 0 radical (unpaired) electrons. The Balaban J connectivity index is 1.47. The molecule has 57 heavy (non-hydrogen) atoms. The minimum Gasteiger partial charge on any atom is -0.386 e. The molecule has 1 fully saturated rings. The highest BCUT2D eigenvalue weighted by atomic mass is 32.2. The average Bonchev–Trinajstić information content (AvgIpc) is 3.67. The summed E-state index contributed by atoms with van der Waals surface area (Å²) < 4.78 is 74.6. The smallest absolute Gasteiger partial charge is 0.386 e. The number of halogens is 1. The van der Waals surface area contributed by atoms with E-state index in [1.54, 1.807) is 6.92 Å². The van der Waals surface area contributed by atoms with E-state index < -0.39 is 97.3 Å². The molecule has 9 atom stereocenters. The summed E-state index contributed by atoms with van der Waals surface area (Å²) in [5.74, 6) is -1.73. The fraction of sp³-hybridized carbons (Fsp3) is 0.704. The molecular formula is C27H46FN8O17P3S. The highest BCUT2D eigenvalue weighted by molar-refractivity contribution is 8.13. The quantitative estimate of drug-likeness (QED) is 0.0472. The molecule has 30 heteroatoms. The lowest BCUT2D eigenvalue weighted by atomic mass is 9.87. The van der Waals surface area contributed by atoms with Crippen LogP contribution in [0.1, 0.15) is 39.8 Å². The summed E-state index contributed by atoms with van der Waals surface area (Å²) in [4.78, 5) is 87.6. The van der Waals surface area contributed by atoms with Gasteiger partial charge in [-0.15, -0.1) is 0 Å². The average molecular weight is 899 g/mol. The molecular weight excluding hydrogens is 852 g/mol. The summed E-state index contributed by atoms with van der Waals surface area (Å²) in [6.45, 7) is 1.27. The molecule has 2 amide bonds. The second-order valence-electron chi connectivity index (χ2n) is 13.3. The van der Waals surface area contributed by atoms with Crippen LogP contribution in [0.15, 0.2) is 12.7 Å². The van der Waals surface area contributed by atoms with Gasteiger partial charge in [0.25, 0.3) is 0 Å². The monoisotopic (exact) mass is 898 g/mol. The van der Waals surface area contributed by atoms with Gasteiger partial charge < -0.3 is 56.6 Å². The summed E-state index contributed by atoms with van der Waals surface area (Å²) in [5.41, 5.74) is 9.95. The molecule has 0 aliphatic carbocycles. The summed E-state index contributed by atoms with van der Waals surface area (Å²) in [6, 6.07) is -0.839. The number of ether oxygens (including phenoxy) is 1. The van der Waals surface area contributed by atoms with E-state index in [2.05, 4.69) is 34.4 Å². The molecule has 9 unspecified atom stereocenters. The van der Waals surface area contributed by atoms with Crippen LogP contribution in [0.5, 0.6) is 0 Å². The number of carbonyl (C=O) groups is 3. The van der Waals surface area contributed by atoms with E-state index in [0.717, 1.165) is 29.0 Å². The Kier molecular flexibility index (Phi) is 17.7. The second kappa shape index (κ2) is 20.6. The number of amides is 2. The third kappa shape index (κ3) is 14.9. The molecule has 12 N–H and O–H groups in total. The third-order valence-corrected chi connectivity index (χ3v) is 12.1. The van der Waals surface area contributed by atoms with Gasteiger partial charge in [-0.1, -0.05) is 32.5 Å². The number of nitrogens with two attached hydrogens (primary N) is 2. The highest BCUT2D eigenvalue weighted by Crippen LogP contribution is 2.61. The van der Waals surface area contributed by atoms with E-state index in [4.69, 9.17) is 25.3 Å². The molecule has 0 aromatic carbocycles. The van der Waals surface area contributed by atoms with Crippen molar-refractivity contribution in [3.8, 4) is 0 Å². The van der Waals surface area contributed by atoms with Crippen LogP contribution in [0, 0.1) is 11.3 Å². The number of anilines is 1. The Morgan fingerprint density at radius 3 is 2.40 bits per heavy atom. The van der Waals surface area contributed by atoms with E-state index in [1.807, 2.05) is 0 Å². The highest BCUT2D eigenvalue weighted by Gasteiger charge is 2.50. The number of aliphatic hydroxyl groups excluding tert-OH is 2. The summed E-state index contributed by atoms with van der Waals surface area (Å²) >= 11 is 0.883. The molecule has 1 aliphatic heterocycles. The van der Waals surface area contributed by atoms with E-state index >= 15 is 0 Å². The molecule has 25 nitrogen and oxygen atoms in total. The summed E-state index contributed by atoms with van der Waals surface area (Å²) in [5, 5.41) is 25.9. The van der Waals surface area contributed by atoms with Gasteiger partial charge >= 0.3 is 23.5 Å². The number of hydrogen-bond donors (Lipinski definition) is 10. The number of imidazole rings is 1. The number of nitrogens with zero attached hydrogens (tertiary/aromatic N) is 4. The molecule has 3 rings (SSSR count). The topological polar surface area (TPSA) is 390 Å². The van der Waals surface area contributed by atoms with Crippen LogP contribution >= 0.6 is 35.2 Å². The molecule has 0 spiro atoms. The first kappa shape index (κ1) is 48.8. The lowest BCUT2D eigenvalue weighted by Crippen LogP contribution is -2.46. The molecule has 0 saturated carbocycles. The van der Waals surface area contributed by atoms with Gasteiger partial charge in [0.05, 0.1) is 32.3 Å². The summed E-state index contributed by atoms with van der Waals surface area (Å²) in [7, 11) is -16.4. The van der Waals surface area contributed by atoms with Gasteiger partial charge in [0.15, 0.2) is 17.7 Å². The van der Waals surface area contributed by atoms with Crippen molar-refractivity contribution in [2.45, 2.75) is 70.3 Å². The number of carbonyl (C=O) groups excluding carboxylic acids is 3. The van der Waals surface area contributed by atoms with Crippen LogP contribution < -0.4 is 22.1 Å². The number of aromatic nitrogens is 4. The van der Waals surface area contributed by atoms with Crippen molar-refractivity contribution in [2.75, 3.05) is 44.5 Å². The molecule has 324 valence electrons. The summed E-state index contributed by atoms with van der Waals surface area (Å²) in [6.07, 6.45) is -6.88. The Bertz CT molecular complexity index is 1860. The van der Waals surface area contributed by atoms with Crippen LogP contribution in [-0.2, 0) is 50.7 Å². The Labute approximate surface area is 328 Å². The number of phosphoric acid groups is 3. The third-order valence-electron chi connectivity index (χ3n) is 7.97. The maximum absolute atomic E-state index is 12.7. The minimum atomic E-state index is -5.59. The van der Waals surface area contributed by atoms with Gasteiger partial charge in [-0.05, 0) is 12.3 Å². The van der Waals surface area contributed by atoms with Crippen molar-refractivity contribution in [3.05, 3.63) is 12.7 Å². The van der Waals surface area contributed by atoms with Crippen LogP contribution in [0.3, 0.4) is 0 Å². The van der Waals surface area contributed by atoms with Gasteiger partial charge in [-0.2, -0.15) is 4.31 Å². The number of alkyl halides is 1. The zero-order valence-electron chi connectivity index (χ0n) is 30.6. The normalized spacial score (nSPS) is 22.6. The van der Waals surface area contributed by atoms with Crippen LogP contribution in [-0.4, -0.2) is 135 Å². The van der Waals surface area contributed by atoms with Gasteiger partial charge in [-0.25, -0.2) is 28.6 Å². The van der Waals surface area contributed by atoms with Crippen molar-refractivity contribution in [3.63, 3.8) is 0 Å². The first-order valence-corrected chi connectivity index (χ1v) is 22.2. The number of nitrogens with one attached hydrogen (secondary N) is 2. The van der Waals surface area contributed by atoms with Crippen LogP contribution in [0.25, 0.3) is 11.2 Å². The molecule has 3 heterocycles. The van der Waals surface area contributed by atoms with Crippen molar-refractivity contribution < 1.29 is 84.9 Å². The molecule has 1 saturated heterocycles.